The summed E-state index contributed by atoms with van der Waals surface area (Å²) < 4.78 is 19.5. The Morgan fingerprint density at radius 2 is 2.00 bits per heavy atom. The first-order valence-corrected chi connectivity index (χ1v) is 7.82. The van der Waals surface area contributed by atoms with E-state index in [1.54, 1.807) is 42.0 Å². The summed E-state index contributed by atoms with van der Waals surface area (Å²) in [4.78, 5) is 27.0. The summed E-state index contributed by atoms with van der Waals surface area (Å²) in [5, 5.41) is 2.77. The van der Waals surface area contributed by atoms with Gasteiger partial charge in [0, 0.05) is 19.2 Å². The Balaban J connectivity index is 1.75. The van der Waals surface area contributed by atoms with Gasteiger partial charge in [-0.05, 0) is 35.9 Å². The fourth-order valence-corrected chi connectivity index (χ4v) is 2.60. The summed E-state index contributed by atoms with van der Waals surface area (Å²) in [5.41, 5.74) is 2.31. The van der Waals surface area contributed by atoms with Gasteiger partial charge in [-0.2, -0.15) is 0 Å². The molecule has 0 spiro atoms. The molecule has 6 nitrogen and oxygen atoms in total. The minimum Gasteiger partial charge on any atom is -0.383 e. The van der Waals surface area contributed by atoms with Gasteiger partial charge in [0.2, 0.25) is 0 Å². The lowest BCUT2D eigenvalue weighted by molar-refractivity contribution is 0.0951. The van der Waals surface area contributed by atoms with E-state index >= 15 is 0 Å². The molecule has 130 valence electrons. The first-order chi connectivity index (χ1) is 12.1. The molecule has 0 unspecified atom stereocenters. The zero-order valence-corrected chi connectivity index (χ0v) is 13.7. The average molecular weight is 343 g/mol. The molecule has 0 saturated carbocycles. The Labute approximate surface area is 143 Å². The maximum absolute atomic E-state index is 12.9. The maximum Gasteiger partial charge on any atom is 0.326 e. The smallest absolute Gasteiger partial charge is 0.326 e. The molecular weight excluding hydrogens is 325 g/mol. The molecule has 0 saturated heterocycles. The predicted octanol–water partition coefficient (Wildman–Crippen LogP) is 2.05. The van der Waals surface area contributed by atoms with Crippen LogP contribution in [0.2, 0.25) is 0 Å². The number of nitrogens with zero attached hydrogens (tertiary/aromatic N) is 1. The summed E-state index contributed by atoms with van der Waals surface area (Å²) in [6.07, 6.45) is 0. The number of amides is 1. The van der Waals surface area contributed by atoms with Crippen LogP contribution in [0.15, 0.2) is 47.3 Å². The van der Waals surface area contributed by atoms with Crippen LogP contribution in [0.5, 0.6) is 0 Å². The van der Waals surface area contributed by atoms with Gasteiger partial charge in [-0.1, -0.05) is 12.1 Å². The molecule has 0 aliphatic heterocycles. The number of imidazole rings is 1. The lowest BCUT2D eigenvalue weighted by Gasteiger charge is -2.06. The number of benzene rings is 2. The van der Waals surface area contributed by atoms with E-state index in [1.807, 2.05) is 0 Å². The molecule has 1 amide bonds. The Bertz CT molecular complexity index is 944. The predicted molar refractivity (Wildman–Crippen MR) is 92.0 cm³/mol. The van der Waals surface area contributed by atoms with Crippen LogP contribution < -0.4 is 11.0 Å². The van der Waals surface area contributed by atoms with Crippen LogP contribution in [0.25, 0.3) is 11.0 Å². The number of aromatic nitrogens is 2. The van der Waals surface area contributed by atoms with Crippen LogP contribution in [-0.4, -0.2) is 29.2 Å². The molecule has 0 radical (unpaired) electrons. The third-order valence-electron chi connectivity index (χ3n) is 3.92. The molecule has 7 heteroatoms. The van der Waals surface area contributed by atoms with Gasteiger partial charge in [0.1, 0.15) is 5.82 Å². The van der Waals surface area contributed by atoms with Gasteiger partial charge in [-0.15, -0.1) is 0 Å². The van der Waals surface area contributed by atoms with Gasteiger partial charge in [-0.25, -0.2) is 9.18 Å². The second-order valence-corrected chi connectivity index (χ2v) is 5.62. The highest BCUT2D eigenvalue weighted by atomic mass is 19.1. The summed E-state index contributed by atoms with van der Waals surface area (Å²) in [6.45, 7) is 1.15. The molecule has 0 aliphatic carbocycles. The molecule has 3 rings (SSSR count). The number of nitrogens with one attached hydrogen (secondary N) is 2. The largest absolute Gasteiger partial charge is 0.383 e. The number of aromatic amines is 1. The number of carbonyl (C=O) groups is 1. The molecular formula is C18H18FN3O3. The van der Waals surface area contributed by atoms with E-state index in [2.05, 4.69) is 10.3 Å². The number of halogens is 1. The van der Waals surface area contributed by atoms with E-state index in [4.69, 9.17) is 4.74 Å². The topological polar surface area (TPSA) is 76.1 Å². The molecule has 1 aromatic heterocycles. The van der Waals surface area contributed by atoms with Crippen LogP contribution >= 0.6 is 0 Å². The SMILES string of the molecule is COCCn1c(=O)[nH]c2cc(C(=O)NCc3ccc(F)cc3)ccc21. The van der Waals surface area contributed by atoms with E-state index in [0.717, 1.165) is 11.1 Å². The quantitative estimate of drug-likeness (QED) is 0.719. The highest BCUT2D eigenvalue weighted by molar-refractivity contribution is 5.97. The Hall–Kier alpha value is -2.93. The van der Waals surface area contributed by atoms with Crippen molar-refractivity contribution in [2.24, 2.45) is 0 Å². The van der Waals surface area contributed by atoms with Gasteiger partial charge in [0.05, 0.1) is 24.2 Å². The first kappa shape index (κ1) is 16.9. The monoisotopic (exact) mass is 343 g/mol. The van der Waals surface area contributed by atoms with Crippen molar-refractivity contribution in [3.63, 3.8) is 0 Å². The van der Waals surface area contributed by atoms with Crippen LogP contribution in [0, 0.1) is 5.82 Å². The molecule has 2 aromatic carbocycles. The summed E-state index contributed by atoms with van der Waals surface area (Å²) in [5.74, 6) is -0.584. The normalized spacial score (nSPS) is 11.0. The number of methoxy groups -OCH3 is 1. The lowest BCUT2D eigenvalue weighted by Crippen LogP contribution is -2.22. The Morgan fingerprint density at radius 1 is 1.24 bits per heavy atom. The number of hydrogen-bond donors (Lipinski definition) is 2. The maximum atomic E-state index is 12.9. The van der Waals surface area contributed by atoms with Crippen LogP contribution in [0.3, 0.4) is 0 Å². The van der Waals surface area contributed by atoms with Crippen molar-refractivity contribution >= 4 is 16.9 Å². The molecule has 0 atom stereocenters. The van der Waals surface area contributed by atoms with E-state index < -0.39 is 0 Å². The number of H-pyrrole nitrogens is 1. The second kappa shape index (κ2) is 7.31. The van der Waals surface area contributed by atoms with E-state index in [1.165, 1.54) is 12.1 Å². The van der Waals surface area contributed by atoms with Crippen molar-refractivity contribution < 1.29 is 13.9 Å². The number of ether oxygens (including phenoxy) is 1. The molecule has 25 heavy (non-hydrogen) atoms. The molecule has 0 aliphatic rings. The third-order valence-corrected chi connectivity index (χ3v) is 3.92. The summed E-state index contributed by atoms with van der Waals surface area (Å²) in [7, 11) is 1.57. The Morgan fingerprint density at radius 3 is 2.72 bits per heavy atom. The fraction of sp³-hybridized carbons (Fsp3) is 0.222. The molecule has 3 aromatic rings. The van der Waals surface area contributed by atoms with Gasteiger partial charge in [0.15, 0.2) is 0 Å². The zero-order chi connectivity index (χ0) is 17.8. The van der Waals surface area contributed by atoms with E-state index in [0.29, 0.717) is 30.8 Å². The lowest BCUT2D eigenvalue weighted by atomic mass is 10.1. The summed E-state index contributed by atoms with van der Waals surface area (Å²) in [6, 6.07) is 11.0. The highest BCUT2D eigenvalue weighted by Gasteiger charge is 2.11. The summed E-state index contributed by atoms with van der Waals surface area (Å²) >= 11 is 0. The Kier molecular flexibility index (Phi) is 4.95. The molecule has 2 N–H and O–H groups in total. The fourth-order valence-electron chi connectivity index (χ4n) is 2.60. The molecule has 0 fully saturated rings. The second-order valence-electron chi connectivity index (χ2n) is 5.62. The van der Waals surface area contributed by atoms with Crippen molar-refractivity contribution in [2.75, 3.05) is 13.7 Å². The number of rotatable bonds is 6. The van der Waals surface area contributed by atoms with E-state index in [9.17, 15) is 14.0 Å². The highest BCUT2D eigenvalue weighted by Crippen LogP contribution is 2.13. The van der Waals surface area contributed by atoms with Gasteiger partial charge in [0.25, 0.3) is 5.91 Å². The van der Waals surface area contributed by atoms with Crippen molar-refractivity contribution in [3.05, 3.63) is 69.9 Å². The molecule has 0 bridgehead atoms. The van der Waals surface area contributed by atoms with Gasteiger partial charge in [-0.3, -0.25) is 9.36 Å². The molecule has 1 heterocycles. The average Bonchev–Trinajstić information content (AvgIpc) is 2.93. The van der Waals surface area contributed by atoms with Crippen molar-refractivity contribution in [1.82, 2.24) is 14.9 Å². The van der Waals surface area contributed by atoms with Crippen molar-refractivity contribution in [1.29, 1.82) is 0 Å². The van der Waals surface area contributed by atoms with Gasteiger partial charge < -0.3 is 15.0 Å². The number of hydrogen-bond acceptors (Lipinski definition) is 3. The van der Waals surface area contributed by atoms with Crippen LogP contribution in [0.4, 0.5) is 4.39 Å². The van der Waals surface area contributed by atoms with Crippen LogP contribution in [-0.2, 0) is 17.8 Å². The first-order valence-electron chi connectivity index (χ1n) is 7.82. The van der Waals surface area contributed by atoms with Crippen molar-refractivity contribution in [3.8, 4) is 0 Å². The zero-order valence-electron chi connectivity index (χ0n) is 13.7. The standard InChI is InChI=1S/C18H18FN3O3/c1-25-9-8-22-16-7-4-13(10-15(16)21-18(22)24)17(23)20-11-12-2-5-14(19)6-3-12/h2-7,10H,8-9,11H2,1H3,(H,20,23)(H,21,24). The van der Waals surface area contributed by atoms with Gasteiger partial charge >= 0.3 is 5.69 Å². The van der Waals surface area contributed by atoms with E-state index in [-0.39, 0.29) is 17.4 Å². The minimum atomic E-state index is -0.317. The third kappa shape index (κ3) is 3.77. The minimum absolute atomic E-state index is 0.240. The number of fused-ring (bicyclic) bond motifs is 1. The van der Waals surface area contributed by atoms with Crippen molar-refractivity contribution in [2.45, 2.75) is 13.1 Å². The van der Waals surface area contributed by atoms with Crippen LogP contribution in [0.1, 0.15) is 15.9 Å². The number of carbonyl (C=O) groups excluding carboxylic acids is 1.